The molecule has 3 nitrogen and oxygen atoms in total. The second kappa shape index (κ2) is 7.79. The van der Waals surface area contributed by atoms with Gasteiger partial charge in [-0.2, -0.15) is 0 Å². The highest BCUT2D eigenvalue weighted by atomic mass is 32.1. The number of thiazole rings is 1. The molecule has 3 rings (SSSR count). The number of nitrogens with zero attached hydrogens (tertiary/aromatic N) is 2. The molecular formula is C18H20N2OS2. The summed E-state index contributed by atoms with van der Waals surface area (Å²) in [5, 5.41) is 4.92. The van der Waals surface area contributed by atoms with Gasteiger partial charge in [0.25, 0.3) is 0 Å². The number of hydrogen-bond acceptors (Lipinski definition) is 5. The molecule has 0 aliphatic rings. The minimum absolute atomic E-state index is 0.955. The number of rotatable bonds is 8. The van der Waals surface area contributed by atoms with Crippen LogP contribution in [0, 0.1) is 6.92 Å². The predicted octanol–water partition coefficient (Wildman–Crippen LogP) is 5.50. The quantitative estimate of drug-likeness (QED) is 0.307. The molecule has 2 heterocycles. The maximum atomic E-state index is 5.54. The predicted molar refractivity (Wildman–Crippen MR) is 99.3 cm³/mol. The molecule has 0 saturated carbocycles. The van der Waals surface area contributed by atoms with E-state index in [9.17, 15) is 0 Å². The van der Waals surface area contributed by atoms with E-state index in [4.69, 9.17) is 16.7 Å². The van der Waals surface area contributed by atoms with Gasteiger partial charge in [-0.25, -0.2) is 4.98 Å². The standard InChI is InChI=1S/C18H20N2OS2/c1-13-12-14(21-20-13)8-4-2-3-5-10-16(22)18-19-15-9-6-7-11-17(15)23-18/h6-7,9,11-12H,2-5,8,10H2,1H3. The Morgan fingerprint density at radius 2 is 2.00 bits per heavy atom. The fourth-order valence-corrected chi connectivity index (χ4v) is 3.82. The first kappa shape index (κ1) is 16.3. The number of para-hydroxylation sites is 1. The SMILES string of the molecule is Cc1cc(CCCCCCC(=S)c2nc3ccccc3s2)on1. The van der Waals surface area contributed by atoms with Crippen LogP contribution in [0.2, 0.25) is 0 Å². The topological polar surface area (TPSA) is 38.9 Å². The van der Waals surface area contributed by atoms with E-state index in [2.05, 4.69) is 16.2 Å². The highest BCUT2D eigenvalue weighted by Crippen LogP contribution is 2.23. The molecule has 0 aliphatic heterocycles. The van der Waals surface area contributed by atoms with Crippen molar-refractivity contribution < 1.29 is 4.52 Å². The van der Waals surface area contributed by atoms with Gasteiger partial charge in [0.1, 0.15) is 10.8 Å². The summed E-state index contributed by atoms with van der Waals surface area (Å²) in [6.07, 6.45) is 6.59. The van der Waals surface area contributed by atoms with Gasteiger partial charge in [0, 0.05) is 12.5 Å². The largest absolute Gasteiger partial charge is 0.361 e. The summed E-state index contributed by atoms with van der Waals surface area (Å²) >= 11 is 7.25. The molecule has 23 heavy (non-hydrogen) atoms. The zero-order valence-corrected chi connectivity index (χ0v) is 14.9. The lowest BCUT2D eigenvalue weighted by Crippen LogP contribution is -1.96. The number of aryl methyl sites for hydroxylation is 2. The summed E-state index contributed by atoms with van der Waals surface area (Å²) in [6, 6.07) is 10.2. The molecule has 0 saturated heterocycles. The zero-order chi connectivity index (χ0) is 16.1. The second-order valence-electron chi connectivity index (χ2n) is 5.76. The van der Waals surface area contributed by atoms with Crippen molar-refractivity contribution in [2.24, 2.45) is 0 Å². The summed E-state index contributed by atoms with van der Waals surface area (Å²) < 4.78 is 6.43. The molecule has 2 aromatic heterocycles. The van der Waals surface area contributed by atoms with Crippen molar-refractivity contribution in [1.82, 2.24) is 10.1 Å². The van der Waals surface area contributed by atoms with Crippen molar-refractivity contribution in [2.45, 2.75) is 45.4 Å². The Hall–Kier alpha value is -1.59. The molecule has 0 atom stereocenters. The molecule has 0 radical (unpaired) electrons. The van der Waals surface area contributed by atoms with E-state index in [1.165, 1.54) is 17.5 Å². The Morgan fingerprint density at radius 3 is 2.78 bits per heavy atom. The van der Waals surface area contributed by atoms with Crippen molar-refractivity contribution in [3.63, 3.8) is 0 Å². The zero-order valence-electron chi connectivity index (χ0n) is 13.2. The molecular weight excluding hydrogens is 324 g/mol. The van der Waals surface area contributed by atoms with E-state index >= 15 is 0 Å². The van der Waals surface area contributed by atoms with Gasteiger partial charge in [0.05, 0.1) is 20.8 Å². The van der Waals surface area contributed by atoms with E-state index < -0.39 is 0 Å². The maximum Gasteiger partial charge on any atom is 0.136 e. The Balaban J connectivity index is 1.37. The van der Waals surface area contributed by atoms with Crippen LogP contribution in [0.1, 0.15) is 48.6 Å². The van der Waals surface area contributed by atoms with Crippen molar-refractivity contribution in [2.75, 3.05) is 0 Å². The van der Waals surface area contributed by atoms with Crippen LogP contribution in [0.15, 0.2) is 34.9 Å². The molecule has 0 unspecified atom stereocenters. The van der Waals surface area contributed by atoms with E-state index in [0.717, 1.165) is 52.5 Å². The molecule has 0 spiro atoms. The molecule has 0 amide bonds. The minimum Gasteiger partial charge on any atom is -0.361 e. The average molecular weight is 345 g/mol. The smallest absolute Gasteiger partial charge is 0.136 e. The highest BCUT2D eigenvalue weighted by Gasteiger charge is 2.08. The molecule has 0 bridgehead atoms. The van der Waals surface area contributed by atoms with Crippen molar-refractivity contribution in [3.05, 3.63) is 46.8 Å². The van der Waals surface area contributed by atoms with Gasteiger partial charge in [-0.05, 0) is 38.3 Å². The number of benzene rings is 1. The summed E-state index contributed by atoms with van der Waals surface area (Å²) in [7, 11) is 0. The normalized spacial score (nSPS) is 11.2. The first-order chi connectivity index (χ1) is 11.2. The number of aromatic nitrogens is 2. The van der Waals surface area contributed by atoms with Gasteiger partial charge < -0.3 is 4.52 Å². The molecule has 0 fully saturated rings. The Bertz CT molecular complexity index is 758. The van der Waals surface area contributed by atoms with E-state index in [-0.39, 0.29) is 0 Å². The third-order valence-corrected chi connectivity index (χ3v) is 5.41. The Morgan fingerprint density at radius 1 is 1.17 bits per heavy atom. The van der Waals surface area contributed by atoms with Crippen LogP contribution >= 0.6 is 23.6 Å². The van der Waals surface area contributed by atoms with Crippen molar-refractivity contribution in [1.29, 1.82) is 0 Å². The van der Waals surface area contributed by atoms with Crippen molar-refractivity contribution in [3.8, 4) is 0 Å². The maximum absolute atomic E-state index is 5.54. The molecule has 1 aromatic carbocycles. The number of fused-ring (bicyclic) bond motifs is 1. The molecule has 0 N–H and O–H groups in total. The molecule has 0 aliphatic carbocycles. The number of thiocarbonyl (C=S) groups is 1. The molecule has 5 heteroatoms. The first-order valence-corrected chi connectivity index (χ1v) is 9.26. The van der Waals surface area contributed by atoms with E-state index in [1.54, 1.807) is 11.3 Å². The minimum atomic E-state index is 0.955. The number of hydrogen-bond donors (Lipinski definition) is 0. The lowest BCUT2D eigenvalue weighted by atomic mass is 10.1. The summed E-state index contributed by atoms with van der Waals surface area (Å²) in [5.74, 6) is 0.993. The van der Waals surface area contributed by atoms with Gasteiger partial charge in [0.2, 0.25) is 0 Å². The monoisotopic (exact) mass is 344 g/mol. The number of unbranched alkanes of at least 4 members (excludes halogenated alkanes) is 3. The first-order valence-electron chi connectivity index (χ1n) is 8.03. The summed E-state index contributed by atoms with van der Waals surface area (Å²) in [6.45, 7) is 1.95. The summed E-state index contributed by atoms with van der Waals surface area (Å²) in [4.78, 5) is 5.62. The fourth-order valence-electron chi connectivity index (χ4n) is 2.57. The second-order valence-corrected chi connectivity index (χ2v) is 7.28. The van der Waals surface area contributed by atoms with Crippen LogP contribution < -0.4 is 0 Å². The van der Waals surface area contributed by atoms with Gasteiger partial charge >= 0.3 is 0 Å². The lowest BCUT2D eigenvalue weighted by Gasteiger charge is -2.01. The average Bonchev–Trinajstić information content (AvgIpc) is 3.16. The van der Waals surface area contributed by atoms with E-state index in [1.807, 2.05) is 31.2 Å². The van der Waals surface area contributed by atoms with Gasteiger partial charge in [-0.3, -0.25) is 0 Å². The van der Waals surface area contributed by atoms with Crippen LogP contribution in [0.25, 0.3) is 10.2 Å². The van der Waals surface area contributed by atoms with Crippen molar-refractivity contribution >= 4 is 38.6 Å². The van der Waals surface area contributed by atoms with Crippen LogP contribution in [0.5, 0.6) is 0 Å². The van der Waals surface area contributed by atoms with Gasteiger partial charge in [0.15, 0.2) is 0 Å². The lowest BCUT2D eigenvalue weighted by molar-refractivity contribution is 0.375. The van der Waals surface area contributed by atoms with Gasteiger partial charge in [-0.15, -0.1) is 11.3 Å². The molecule has 120 valence electrons. The highest BCUT2D eigenvalue weighted by molar-refractivity contribution is 7.81. The molecule has 3 aromatic rings. The van der Waals surface area contributed by atoms with Crippen LogP contribution in [0.3, 0.4) is 0 Å². The Labute approximate surface area is 145 Å². The van der Waals surface area contributed by atoms with Gasteiger partial charge in [-0.1, -0.05) is 42.3 Å². The Kier molecular flexibility index (Phi) is 5.51. The summed E-state index contributed by atoms with van der Waals surface area (Å²) in [5.41, 5.74) is 2.01. The van der Waals surface area contributed by atoms with E-state index in [0.29, 0.717) is 0 Å². The van der Waals surface area contributed by atoms with Crippen LogP contribution in [-0.2, 0) is 6.42 Å². The fraction of sp³-hybridized carbons (Fsp3) is 0.389. The third kappa shape index (κ3) is 4.45. The third-order valence-electron chi connectivity index (χ3n) is 3.79. The van der Waals surface area contributed by atoms with Crippen LogP contribution in [0.4, 0.5) is 0 Å². The van der Waals surface area contributed by atoms with Crippen LogP contribution in [-0.4, -0.2) is 15.0 Å².